The Labute approximate surface area is 148 Å². The average Bonchev–Trinajstić information content (AvgIpc) is 2.96. The van der Waals surface area contributed by atoms with E-state index in [9.17, 15) is 9.59 Å². The molecule has 0 aliphatic heterocycles. The van der Waals surface area contributed by atoms with Gasteiger partial charge >= 0.3 is 0 Å². The molecule has 0 bridgehead atoms. The summed E-state index contributed by atoms with van der Waals surface area (Å²) < 4.78 is 6.70. The minimum absolute atomic E-state index is 0.255. The van der Waals surface area contributed by atoms with Gasteiger partial charge in [-0.05, 0) is 31.2 Å². The second kappa shape index (κ2) is 7.31. The van der Waals surface area contributed by atoms with Crippen molar-refractivity contribution in [2.75, 3.05) is 5.32 Å². The fourth-order valence-corrected chi connectivity index (χ4v) is 3.13. The number of anilines is 1. The summed E-state index contributed by atoms with van der Waals surface area (Å²) in [7, 11) is 0. The van der Waals surface area contributed by atoms with E-state index in [0.29, 0.717) is 10.9 Å². The van der Waals surface area contributed by atoms with Crippen LogP contribution >= 0.6 is 11.3 Å². The first-order valence-corrected chi connectivity index (χ1v) is 8.54. The zero-order valence-corrected chi connectivity index (χ0v) is 14.6. The fourth-order valence-electron chi connectivity index (χ4n) is 2.23. The Morgan fingerprint density at radius 2 is 1.88 bits per heavy atom. The van der Waals surface area contributed by atoms with E-state index >= 15 is 0 Å². The number of hydrogen-bond acceptors (Lipinski definition) is 5. The van der Waals surface area contributed by atoms with E-state index in [0.717, 1.165) is 16.0 Å². The number of para-hydroxylation sites is 1. The number of carbonyl (C=O) groups is 2. The number of aromatic nitrogens is 1. The van der Waals surface area contributed by atoms with Crippen LogP contribution in [0.3, 0.4) is 0 Å². The molecule has 0 saturated heterocycles. The van der Waals surface area contributed by atoms with Gasteiger partial charge in [-0.15, -0.1) is 0 Å². The molecule has 0 spiro atoms. The number of ether oxygens (including phenoxy) is 1. The largest absolute Gasteiger partial charge is 0.457 e. The summed E-state index contributed by atoms with van der Waals surface area (Å²) in [6.45, 7) is 2.99. The highest BCUT2D eigenvalue weighted by Crippen LogP contribution is 2.31. The molecule has 0 radical (unpaired) electrons. The van der Waals surface area contributed by atoms with Crippen molar-refractivity contribution < 1.29 is 14.3 Å². The smallest absolute Gasteiger partial charge is 0.248 e. The molecule has 1 heterocycles. The molecular weight excluding hydrogens is 338 g/mol. The summed E-state index contributed by atoms with van der Waals surface area (Å²) in [4.78, 5) is 27.5. The number of nitrogens with zero attached hydrogens (tertiary/aromatic N) is 1. The van der Waals surface area contributed by atoms with Gasteiger partial charge in [0.2, 0.25) is 11.8 Å². The highest BCUT2D eigenvalue weighted by atomic mass is 32.1. The molecule has 0 fully saturated rings. The molecule has 0 aliphatic rings. The van der Waals surface area contributed by atoms with Gasteiger partial charge in [0.1, 0.15) is 17.5 Å². The number of hydrogen-bond donors (Lipinski definition) is 2. The second-order valence-electron chi connectivity index (χ2n) is 5.48. The van der Waals surface area contributed by atoms with Crippen molar-refractivity contribution in [2.45, 2.75) is 19.9 Å². The third-order valence-electron chi connectivity index (χ3n) is 3.38. The van der Waals surface area contributed by atoms with Gasteiger partial charge < -0.3 is 15.4 Å². The van der Waals surface area contributed by atoms with Gasteiger partial charge in [-0.2, -0.15) is 0 Å². The molecule has 3 rings (SSSR count). The van der Waals surface area contributed by atoms with Crippen molar-refractivity contribution in [3.05, 3.63) is 48.5 Å². The lowest BCUT2D eigenvalue weighted by molar-refractivity contribution is -0.124. The quantitative estimate of drug-likeness (QED) is 0.733. The van der Waals surface area contributed by atoms with E-state index < -0.39 is 6.04 Å². The van der Waals surface area contributed by atoms with Gasteiger partial charge in [-0.25, -0.2) is 4.98 Å². The normalized spacial score (nSPS) is 11.8. The summed E-state index contributed by atoms with van der Waals surface area (Å²) in [5, 5.41) is 5.74. The monoisotopic (exact) mass is 355 g/mol. The van der Waals surface area contributed by atoms with Crippen LogP contribution in [0.25, 0.3) is 10.2 Å². The van der Waals surface area contributed by atoms with Crippen molar-refractivity contribution in [3.8, 4) is 11.5 Å². The van der Waals surface area contributed by atoms with Crippen molar-refractivity contribution >= 4 is 38.5 Å². The third kappa shape index (κ3) is 4.33. The summed E-state index contributed by atoms with van der Waals surface area (Å²) in [6.07, 6.45) is 0. The van der Waals surface area contributed by atoms with Crippen LogP contribution in [-0.2, 0) is 9.59 Å². The van der Waals surface area contributed by atoms with Gasteiger partial charge in [-0.1, -0.05) is 29.5 Å². The molecule has 0 saturated carbocycles. The lowest BCUT2D eigenvalue weighted by Gasteiger charge is -2.10. The highest BCUT2D eigenvalue weighted by molar-refractivity contribution is 7.22. The Balaban J connectivity index is 1.74. The van der Waals surface area contributed by atoms with E-state index in [4.69, 9.17) is 4.74 Å². The third-order valence-corrected chi connectivity index (χ3v) is 4.32. The number of nitrogens with one attached hydrogen (secondary N) is 2. The molecule has 1 atom stereocenters. The molecule has 3 aromatic rings. The molecule has 1 unspecified atom stereocenters. The van der Waals surface area contributed by atoms with Gasteiger partial charge in [0.05, 0.1) is 10.2 Å². The molecular formula is C18H17N3O3S. The van der Waals surface area contributed by atoms with Crippen LogP contribution in [0.2, 0.25) is 0 Å². The van der Waals surface area contributed by atoms with Crippen LogP contribution < -0.4 is 15.4 Å². The number of benzene rings is 2. The Morgan fingerprint density at radius 1 is 1.12 bits per heavy atom. The molecule has 25 heavy (non-hydrogen) atoms. The maximum Gasteiger partial charge on any atom is 0.248 e. The molecule has 0 aliphatic carbocycles. The van der Waals surface area contributed by atoms with Gasteiger partial charge in [0.25, 0.3) is 0 Å². The topological polar surface area (TPSA) is 80.3 Å². The average molecular weight is 355 g/mol. The zero-order valence-electron chi connectivity index (χ0n) is 13.8. The highest BCUT2D eigenvalue weighted by Gasteiger charge is 2.16. The van der Waals surface area contributed by atoms with E-state index in [1.54, 1.807) is 6.92 Å². The maximum absolute atomic E-state index is 12.0. The Kier molecular flexibility index (Phi) is 4.95. The maximum atomic E-state index is 12.0. The molecule has 2 amide bonds. The van der Waals surface area contributed by atoms with Crippen LogP contribution in [-0.4, -0.2) is 22.8 Å². The van der Waals surface area contributed by atoms with Crippen molar-refractivity contribution in [1.29, 1.82) is 0 Å². The standard InChI is InChI=1S/C18H17N3O3S/c1-11(19-12(2)22)17(23)21-18-20-15-9-8-14(10-16(15)25-18)24-13-6-4-3-5-7-13/h3-11H,1-2H3,(H,19,22)(H,20,21,23). The Hall–Kier alpha value is -2.93. The van der Waals surface area contributed by atoms with Crippen LogP contribution in [0, 0.1) is 0 Å². The minimum atomic E-state index is -0.624. The van der Waals surface area contributed by atoms with E-state index in [1.807, 2.05) is 48.5 Å². The van der Waals surface area contributed by atoms with E-state index in [-0.39, 0.29) is 11.8 Å². The van der Waals surface area contributed by atoms with Crippen molar-refractivity contribution in [2.24, 2.45) is 0 Å². The lowest BCUT2D eigenvalue weighted by atomic mass is 10.3. The van der Waals surface area contributed by atoms with Crippen LogP contribution in [0.1, 0.15) is 13.8 Å². The summed E-state index contributed by atoms with van der Waals surface area (Å²) in [6, 6.07) is 14.4. The first-order valence-electron chi connectivity index (χ1n) is 7.73. The summed E-state index contributed by atoms with van der Waals surface area (Å²) in [5.74, 6) is 0.889. The molecule has 128 valence electrons. The number of fused-ring (bicyclic) bond motifs is 1. The van der Waals surface area contributed by atoms with Gasteiger partial charge in [0.15, 0.2) is 5.13 Å². The van der Waals surface area contributed by atoms with Crippen molar-refractivity contribution in [3.63, 3.8) is 0 Å². The fraction of sp³-hybridized carbons (Fsp3) is 0.167. The summed E-state index contributed by atoms with van der Waals surface area (Å²) >= 11 is 1.35. The number of amides is 2. The number of thiazole rings is 1. The summed E-state index contributed by atoms with van der Waals surface area (Å²) in [5.41, 5.74) is 0.771. The van der Waals surface area contributed by atoms with E-state index in [1.165, 1.54) is 18.3 Å². The number of rotatable bonds is 5. The Bertz CT molecular complexity index is 908. The van der Waals surface area contributed by atoms with Crippen molar-refractivity contribution in [1.82, 2.24) is 10.3 Å². The molecule has 7 heteroatoms. The lowest BCUT2D eigenvalue weighted by Crippen LogP contribution is -2.40. The molecule has 1 aromatic heterocycles. The SMILES string of the molecule is CC(=O)NC(C)C(=O)Nc1nc2ccc(Oc3ccccc3)cc2s1. The molecule has 2 aromatic carbocycles. The van der Waals surface area contributed by atoms with Crippen LogP contribution in [0.4, 0.5) is 5.13 Å². The first-order chi connectivity index (χ1) is 12.0. The second-order valence-corrected chi connectivity index (χ2v) is 6.51. The van der Waals surface area contributed by atoms with E-state index in [2.05, 4.69) is 15.6 Å². The van der Waals surface area contributed by atoms with Crippen LogP contribution in [0.5, 0.6) is 11.5 Å². The molecule has 6 nitrogen and oxygen atoms in total. The molecule has 2 N–H and O–H groups in total. The Morgan fingerprint density at radius 3 is 2.60 bits per heavy atom. The predicted octanol–water partition coefficient (Wildman–Crippen LogP) is 3.55. The van der Waals surface area contributed by atoms with Gasteiger partial charge in [-0.3, -0.25) is 9.59 Å². The predicted molar refractivity (Wildman–Crippen MR) is 98.0 cm³/mol. The minimum Gasteiger partial charge on any atom is -0.457 e. The zero-order chi connectivity index (χ0) is 17.8. The van der Waals surface area contributed by atoms with Gasteiger partial charge in [0, 0.05) is 13.0 Å². The van der Waals surface area contributed by atoms with Crippen LogP contribution in [0.15, 0.2) is 48.5 Å². The number of carbonyl (C=O) groups excluding carboxylic acids is 2. The first kappa shape index (κ1) is 16.9.